The summed E-state index contributed by atoms with van der Waals surface area (Å²) in [7, 11) is 0. The Bertz CT molecular complexity index is 765. The van der Waals surface area contributed by atoms with Crippen molar-refractivity contribution in [2.75, 3.05) is 0 Å². The third-order valence-electron chi connectivity index (χ3n) is 10.1. The van der Waals surface area contributed by atoms with Gasteiger partial charge in [0.25, 0.3) is 0 Å². The predicted molar refractivity (Wildman–Crippen MR) is 116 cm³/mol. The highest BCUT2D eigenvalue weighted by Crippen LogP contribution is 2.66. The molecule has 0 bridgehead atoms. The maximum absolute atomic E-state index is 13.3. The second-order valence-electron chi connectivity index (χ2n) is 11.4. The highest BCUT2D eigenvalue weighted by atomic mass is 16.1. The molecule has 6 atom stereocenters. The van der Waals surface area contributed by atoms with Crippen LogP contribution in [-0.2, 0) is 9.59 Å². The molecule has 0 amide bonds. The first-order valence-corrected chi connectivity index (χ1v) is 12.4. The van der Waals surface area contributed by atoms with Crippen LogP contribution in [-0.4, -0.2) is 11.6 Å². The standard InChI is InChI=1S/C27H38O2/c1-26-14-12-20(28)17-19(26)8-9-21-22-10-11-24(27(22,2)15-13-23(21)26)25(29)16-18-6-4-3-5-7-18/h16-17,21-24H,3-15H2,1-2H3/t21-,22-,23-,24+,26-,27-/m0/s1. The molecule has 0 spiro atoms. The number of hydrogen-bond donors (Lipinski definition) is 0. The van der Waals surface area contributed by atoms with Crippen LogP contribution in [0.3, 0.4) is 0 Å². The van der Waals surface area contributed by atoms with Gasteiger partial charge in [-0.15, -0.1) is 0 Å². The number of allylic oxidation sites excluding steroid dienone is 3. The molecule has 5 aliphatic carbocycles. The van der Waals surface area contributed by atoms with Crippen LogP contribution >= 0.6 is 0 Å². The lowest BCUT2D eigenvalue weighted by Gasteiger charge is -2.58. The summed E-state index contributed by atoms with van der Waals surface area (Å²) in [6, 6.07) is 0. The van der Waals surface area contributed by atoms with Crippen molar-refractivity contribution in [1.29, 1.82) is 0 Å². The van der Waals surface area contributed by atoms with Crippen molar-refractivity contribution in [3.8, 4) is 0 Å². The molecule has 0 N–H and O–H groups in total. The first kappa shape index (κ1) is 19.8. The summed E-state index contributed by atoms with van der Waals surface area (Å²) in [6.07, 6.45) is 19.2. The lowest BCUT2D eigenvalue weighted by Crippen LogP contribution is -2.51. The molecule has 0 aromatic rings. The summed E-state index contributed by atoms with van der Waals surface area (Å²) < 4.78 is 0. The van der Waals surface area contributed by atoms with E-state index in [9.17, 15) is 9.59 Å². The van der Waals surface area contributed by atoms with E-state index in [0.29, 0.717) is 17.5 Å². The van der Waals surface area contributed by atoms with Gasteiger partial charge >= 0.3 is 0 Å². The quantitative estimate of drug-likeness (QED) is 0.495. The second-order valence-corrected chi connectivity index (χ2v) is 11.4. The minimum Gasteiger partial charge on any atom is -0.295 e. The van der Waals surface area contributed by atoms with E-state index in [1.54, 1.807) is 0 Å². The highest BCUT2D eigenvalue weighted by molar-refractivity contribution is 5.93. The summed E-state index contributed by atoms with van der Waals surface area (Å²) >= 11 is 0. The Morgan fingerprint density at radius 1 is 0.931 bits per heavy atom. The van der Waals surface area contributed by atoms with Crippen molar-refractivity contribution in [2.24, 2.45) is 34.5 Å². The van der Waals surface area contributed by atoms with E-state index >= 15 is 0 Å². The van der Waals surface area contributed by atoms with E-state index in [4.69, 9.17) is 0 Å². The van der Waals surface area contributed by atoms with Crippen molar-refractivity contribution in [2.45, 2.75) is 97.3 Å². The smallest absolute Gasteiger partial charge is 0.159 e. The Labute approximate surface area is 176 Å². The molecule has 0 radical (unpaired) electrons. The molecule has 0 aromatic carbocycles. The molecular formula is C27H38O2. The van der Waals surface area contributed by atoms with Crippen LogP contribution in [0.4, 0.5) is 0 Å². The third-order valence-corrected chi connectivity index (χ3v) is 10.1. The van der Waals surface area contributed by atoms with Gasteiger partial charge in [-0.25, -0.2) is 0 Å². The summed E-state index contributed by atoms with van der Waals surface area (Å²) in [4.78, 5) is 25.4. The van der Waals surface area contributed by atoms with Crippen LogP contribution in [0.5, 0.6) is 0 Å². The Morgan fingerprint density at radius 3 is 2.52 bits per heavy atom. The molecule has 0 aromatic heterocycles. The van der Waals surface area contributed by atoms with Gasteiger partial charge in [0.2, 0.25) is 0 Å². The molecule has 0 saturated heterocycles. The lowest BCUT2D eigenvalue weighted by molar-refractivity contribution is -0.126. The molecule has 29 heavy (non-hydrogen) atoms. The average Bonchev–Trinajstić information content (AvgIpc) is 3.06. The van der Waals surface area contributed by atoms with Crippen molar-refractivity contribution in [3.05, 3.63) is 23.3 Å². The second kappa shape index (κ2) is 7.20. The molecule has 0 unspecified atom stereocenters. The number of fused-ring (bicyclic) bond motifs is 5. The fourth-order valence-corrected chi connectivity index (χ4v) is 8.48. The van der Waals surface area contributed by atoms with Gasteiger partial charge in [0.15, 0.2) is 11.6 Å². The van der Waals surface area contributed by atoms with Crippen LogP contribution < -0.4 is 0 Å². The maximum atomic E-state index is 13.3. The van der Waals surface area contributed by atoms with E-state index in [0.717, 1.165) is 50.4 Å². The number of ketones is 2. The van der Waals surface area contributed by atoms with Gasteiger partial charge in [-0.3, -0.25) is 9.59 Å². The van der Waals surface area contributed by atoms with Gasteiger partial charge in [0, 0.05) is 12.3 Å². The van der Waals surface area contributed by atoms with Crippen LogP contribution in [0.1, 0.15) is 97.3 Å². The van der Waals surface area contributed by atoms with Gasteiger partial charge in [0.1, 0.15) is 0 Å². The Balaban J connectivity index is 1.38. The van der Waals surface area contributed by atoms with Crippen molar-refractivity contribution in [3.63, 3.8) is 0 Å². The Morgan fingerprint density at radius 2 is 1.72 bits per heavy atom. The van der Waals surface area contributed by atoms with E-state index < -0.39 is 0 Å². The molecule has 5 aliphatic rings. The first-order valence-electron chi connectivity index (χ1n) is 12.4. The largest absolute Gasteiger partial charge is 0.295 e. The summed E-state index contributed by atoms with van der Waals surface area (Å²) in [5, 5.41) is 0. The van der Waals surface area contributed by atoms with E-state index in [-0.39, 0.29) is 16.7 Å². The number of carbonyl (C=O) groups is 2. The summed E-state index contributed by atoms with van der Waals surface area (Å²) in [5.74, 6) is 3.23. The van der Waals surface area contributed by atoms with Crippen LogP contribution in [0.25, 0.3) is 0 Å². The molecule has 2 nitrogen and oxygen atoms in total. The molecule has 5 rings (SSSR count). The number of rotatable bonds is 2. The van der Waals surface area contributed by atoms with Crippen molar-refractivity contribution < 1.29 is 9.59 Å². The monoisotopic (exact) mass is 394 g/mol. The molecule has 4 fully saturated rings. The topological polar surface area (TPSA) is 34.1 Å². The molecule has 158 valence electrons. The molecule has 2 heteroatoms. The SMILES string of the molecule is C[C@]12CC[C@H]3[C@@H](CCC4=CC(=O)CC[C@@]43C)[C@@H]1CC[C@@H]2C(=O)C=C1CCCCC1. The molecule has 0 heterocycles. The van der Waals surface area contributed by atoms with E-state index in [1.165, 1.54) is 56.1 Å². The molecule has 0 aliphatic heterocycles. The zero-order valence-corrected chi connectivity index (χ0v) is 18.5. The van der Waals surface area contributed by atoms with Crippen LogP contribution in [0.2, 0.25) is 0 Å². The average molecular weight is 395 g/mol. The predicted octanol–water partition coefficient (Wildman–Crippen LogP) is 6.59. The van der Waals surface area contributed by atoms with Crippen LogP contribution in [0.15, 0.2) is 23.3 Å². The fraction of sp³-hybridized carbons (Fsp3) is 0.778. The van der Waals surface area contributed by atoms with Gasteiger partial charge in [0.05, 0.1) is 0 Å². The lowest BCUT2D eigenvalue weighted by atomic mass is 9.46. The van der Waals surface area contributed by atoms with Gasteiger partial charge in [-0.1, -0.05) is 31.4 Å². The maximum Gasteiger partial charge on any atom is 0.159 e. The van der Waals surface area contributed by atoms with E-state index in [2.05, 4.69) is 19.9 Å². The molecule has 4 saturated carbocycles. The van der Waals surface area contributed by atoms with Crippen molar-refractivity contribution >= 4 is 11.6 Å². The van der Waals surface area contributed by atoms with Crippen LogP contribution in [0, 0.1) is 34.5 Å². The first-order chi connectivity index (χ1) is 13.9. The number of carbonyl (C=O) groups excluding carboxylic acids is 2. The van der Waals surface area contributed by atoms with Gasteiger partial charge in [-0.05, 0) is 111 Å². The van der Waals surface area contributed by atoms with E-state index in [1.807, 2.05) is 6.08 Å². The minimum atomic E-state index is 0.200. The van der Waals surface area contributed by atoms with Gasteiger partial charge < -0.3 is 0 Å². The van der Waals surface area contributed by atoms with Gasteiger partial charge in [-0.2, -0.15) is 0 Å². The summed E-state index contributed by atoms with van der Waals surface area (Å²) in [5.41, 5.74) is 3.32. The summed E-state index contributed by atoms with van der Waals surface area (Å²) in [6.45, 7) is 4.91. The normalized spacial score (nSPS) is 44.4. The highest BCUT2D eigenvalue weighted by Gasteiger charge is 2.59. The fourth-order valence-electron chi connectivity index (χ4n) is 8.48. The zero-order chi connectivity index (χ0) is 20.2. The molecular weight excluding hydrogens is 356 g/mol. The van der Waals surface area contributed by atoms with Crippen molar-refractivity contribution in [1.82, 2.24) is 0 Å². The zero-order valence-electron chi connectivity index (χ0n) is 18.5. The number of hydrogen-bond acceptors (Lipinski definition) is 2. The minimum absolute atomic E-state index is 0.200. The third kappa shape index (κ3) is 3.12. The Hall–Kier alpha value is -1.18. The Kier molecular flexibility index (Phi) is 4.91.